The number of aromatic amines is 1. The van der Waals surface area contributed by atoms with Gasteiger partial charge in [-0.2, -0.15) is 0 Å². The summed E-state index contributed by atoms with van der Waals surface area (Å²) in [5.41, 5.74) is 3.07. The number of halogens is 1. The van der Waals surface area contributed by atoms with Crippen molar-refractivity contribution in [2.75, 3.05) is 6.61 Å². The highest BCUT2D eigenvalue weighted by Gasteiger charge is 2.21. The van der Waals surface area contributed by atoms with Crippen molar-refractivity contribution in [1.29, 1.82) is 0 Å². The zero-order chi connectivity index (χ0) is 20.5. The van der Waals surface area contributed by atoms with E-state index in [9.17, 15) is 14.3 Å². The van der Waals surface area contributed by atoms with Crippen molar-refractivity contribution in [2.45, 2.75) is 25.8 Å². The molecule has 0 saturated heterocycles. The molecule has 2 heterocycles. The maximum absolute atomic E-state index is 13.3. The normalized spacial score (nSPS) is 12.6. The highest BCUT2D eigenvalue weighted by molar-refractivity contribution is 5.74. The van der Waals surface area contributed by atoms with Gasteiger partial charge < -0.3 is 10.1 Å². The van der Waals surface area contributed by atoms with E-state index in [1.807, 2.05) is 24.3 Å². The number of aliphatic hydroxyl groups excluding tert-OH is 1. The number of rotatable bonds is 5. The number of fused-ring (bicyclic) bond motifs is 1. The van der Waals surface area contributed by atoms with Crippen LogP contribution in [0.1, 0.15) is 36.9 Å². The van der Waals surface area contributed by atoms with Gasteiger partial charge in [0, 0.05) is 5.56 Å². The van der Waals surface area contributed by atoms with Crippen molar-refractivity contribution < 1.29 is 9.50 Å². The minimum absolute atomic E-state index is 0.281. The van der Waals surface area contributed by atoms with Crippen molar-refractivity contribution in [1.82, 2.24) is 19.5 Å². The van der Waals surface area contributed by atoms with Crippen molar-refractivity contribution in [2.24, 2.45) is 0 Å². The molecule has 0 radical (unpaired) electrons. The average Bonchev–Trinajstić information content (AvgIpc) is 3.05. The summed E-state index contributed by atoms with van der Waals surface area (Å²) in [4.78, 5) is 24.5. The molecule has 6 nitrogen and oxygen atoms in total. The fraction of sp³-hybridized carbons (Fsp3) is 0.227. The van der Waals surface area contributed by atoms with Gasteiger partial charge in [-0.1, -0.05) is 50.2 Å². The molecule has 1 unspecified atom stereocenters. The Kier molecular flexibility index (Phi) is 4.98. The predicted molar refractivity (Wildman–Crippen MR) is 109 cm³/mol. The molecule has 2 N–H and O–H groups in total. The maximum Gasteiger partial charge on any atom is 0.328 e. The molecule has 7 heteroatoms. The Hall–Kier alpha value is -3.32. The van der Waals surface area contributed by atoms with Gasteiger partial charge in [-0.05, 0) is 29.2 Å². The van der Waals surface area contributed by atoms with E-state index in [0.717, 1.165) is 11.1 Å². The van der Waals surface area contributed by atoms with E-state index in [1.54, 1.807) is 18.3 Å². The molecule has 0 saturated carbocycles. The molecule has 0 fully saturated rings. The van der Waals surface area contributed by atoms with Crippen LogP contribution in [0.15, 0.2) is 59.5 Å². The van der Waals surface area contributed by atoms with E-state index in [1.165, 1.54) is 16.7 Å². The first kappa shape index (κ1) is 19.0. The second kappa shape index (κ2) is 7.60. The fourth-order valence-corrected chi connectivity index (χ4v) is 3.56. The molecule has 0 aliphatic rings. The van der Waals surface area contributed by atoms with Crippen molar-refractivity contribution >= 4 is 11.2 Å². The Balaban J connectivity index is 1.90. The highest BCUT2D eigenvalue weighted by atomic mass is 19.1. The molecule has 29 heavy (non-hydrogen) atoms. The first-order valence-electron chi connectivity index (χ1n) is 9.42. The molecule has 4 aromatic rings. The molecular formula is C22H21FN4O2. The van der Waals surface area contributed by atoms with Crippen LogP contribution in [0.2, 0.25) is 0 Å². The largest absolute Gasteiger partial charge is 0.394 e. The fourth-order valence-electron chi connectivity index (χ4n) is 3.56. The van der Waals surface area contributed by atoms with Crippen molar-refractivity contribution in [3.05, 3.63) is 82.2 Å². The number of benzene rings is 2. The Morgan fingerprint density at radius 3 is 2.55 bits per heavy atom. The lowest BCUT2D eigenvalue weighted by molar-refractivity contribution is 0.249. The van der Waals surface area contributed by atoms with Crippen LogP contribution in [0.4, 0.5) is 4.39 Å². The molecular weight excluding hydrogens is 371 g/mol. The number of imidazole rings is 1. The van der Waals surface area contributed by atoms with Gasteiger partial charge in [-0.25, -0.2) is 19.2 Å². The van der Waals surface area contributed by atoms with Gasteiger partial charge in [0.2, 0.25) is 0 Å². The van der Waals surface area contributed by atoms with Gasteiger partial charge in [0.15, 0.2) is 11.5 Å². The Morgan fingerprint density at radius 2 is 1.86 bits per heavy atom. The number of nitrogens with zero attached hydrogens (tertiary/aromatic N) is 3. The minimum Gasteiger partial charge on any atom is -0.394 e. The van der Waals surface area contributed by atoms with Crippen LogP contribution in [-0.2, 0) is 0 Å². The Morgan fingerprint density at radius 1 is 1.14 bits per heavy atom. The summed E-state index contributed by atoms with van der Waals surface area (Å²) in [5.74, 6) is 0.403. The zero-order valence-corrected chi connectivity index (χ0v) is 16.1. The SMILES string of the molecule is CC(C)c1ccccc1-c1ncc2[nH]c(=O)n(C(CO)c3ccc(F)cc3)c2n1. The standard InChI is InChI=1S/C22H21FN4O2/c1-13(2)16-5-3-4-6-17(16)20-24-11-18-21(26-20)27(22(29)25-18)19(12-28)14-7-9-15(23)10-8-14/h3-11,13,19,28H,12H2,1-2H3,(H,25,29). The van der Waals surface area contributed by atoms with Gasteiger partial charge in [-0.15, -0.1) is 0 Å². The van der Waals surface area contributed by atoms with E-state index in [0.29, 0.717) is 22.6 Å². The number of hydrogen-bond donors (Lipinski definition) is 2. The monoisotopic (exact) mass is 392 g/mol. The lowest BCUT2D eigenvalue weighted by atomic mass is 9.97. The number of nitrogens with one attached hydrogen (secondary N) is 1. The van der Waals surface area contributed by atoms with E-state index >= 15 is 0 Å². The third kappa shape index (κ3) is 3.45. The van der Waals surface area contributed by atoms with Gasteiger partial charge in [0.25, 0.3) is 0 Å². The molecule has 0 aliphatic heterocycles. The number of hydrogen-bond acceptors (Lipinski definition) is 4. The third-order valence-electron chi connectivity index (χ3n) is 5.02. The summed E-state index contributed by atoms with van der Waals surface area (Å²) in [6.07, 6.45) is 1.58. The van der Waals surface area contributed by atoms with Crippen molar-refractivity contribution in [3.63, 3.8) is 0 Å². The number of aromatic nitrogens is 4. The lowest BCUT2D eigenvalue weighted by Gasteiger charge is -2.17. The smallest absolute Gasteiger partial charge is 0.328 e. The quantitative estimate of drug-likeness (QED) is 0.543. The van der Waals surface area contributed by atoms with Crippen LogP contribution in [0, 0.1) is 5.82 Å². The number of H-pyrrole nitrogens is 1. The zero-order valence-electron chi connectivity index (χ0n) is 16.1. The molecule has 0 spiro atoms. The molecule has 0 bridgehead atoms. The first-order chi connectivity index (χ1) is 14.0. The Labute approximate surface area is 166 Å². The minimum atomic E-state index is -0.694. The van der Waals surface area contributed by atoms with Crippen molar-refractivity contribution in [3.8, 4) is 11.4 Å². The summed E-state index contributed by atoms with van der Waals surface area (Å²) in [6.45, 7) is 3.86. The average molecular weight is 392 g/mol. The summed E-state index contributed by atoms with van der Waals surface area (Å²) >= 11 is 0. The molecule has 2 aromatic carbocycles. The molecule has 2 aromatic heterocycles. The summed E-state index contributed by atoms with van der Waals surface area (Å²) < 4.78 is 14.7. The second-order valence-electron chi connectivity index (χ2n) is 7.22. The molecule has 4 rings (SSSR count). The summed E-state index contributed by atoms with van der Waals surface area (Å²) in [5, 5.41) is 10.00. The second-order valence-corrected chi connectivity index (χ2v) is 7.22. The lowest BCUT2D eigenvalue weighted by Crippen LogP contribution is -2.26. The summed E-state index contributed by atoms with van der Waals surface area (Å²) in [6, 6.07) is 12.9. The summed E-state index contributed by atoms with van der Waals surface area (Å²) in [7, 11) is 0. The van der Waals surface area contributed by atoms with Crippen LogP contribution < -0.4 is 5.69 Å². The number of aliphatic hydroxyl groups is 1. The van der Waals surface area contributed by atoms with Gasteiger partial charge in [-0.3, -0.25) is 4.57 Å². The third-order valence-corrected chi connectivity index (χ3v) is 5.02. The van der Waals surface area contributed by atoms with E-state index in [-0.39, 0.29) is 18.3 Å². The highest BCUT2D eigenvalue weighted by Crippen LogP contribution is 2.28. The van der Waals surface area contributed by atoms with Crippen LogP contribution >= 0.6 is 0 Å². The van der Waals surface area contributed by atoms with E-state index in [2.05, 4.69) is 28.8 Å². The van der Waals surface area contributed by atoms with Gasteiger partial charge >= 0.3 is 5.69 Å². The maximum atomic E-state index is 13.3. The van der Waals surface area contributed by atoms with Gasteiger partial charge in [0.1, 0.15) is 11.3 Å². The molecule has 1 atom stereocenters. The van der Waals surface area contributed by atoms with Crippen LogP contribution in [0.25, 0.3) is 22.6 Å². The van der Waals surface area contributed by atoms with E-state index < -0.39 is 11.7 Å². The Bertz CT molecular complexity index is 1210. The van der Waals surface area contributed by atoms with Crippen LogP contribution in [-0.4, -0.2) is 31.2 Å². The van der Waals surface area contributed by atoms with Gasteiger partial charge in [0.05, 0.1) is 18.8 Å². The molecule has 148 valence electrons. The topological polar surface area (TPSA) is 83.8 Å². The molecule has 0 aliphatic carbocycles. The van der Waals surface area contributed by atoms with Crippen LogP contribution in [0.5, 0.6) is 0 Å². The van der Waals surface area contributed by atoms with Crippen LogP contribution in [0.3, 0.4) is 0 Å². The predicted octanol–water partition coefficient (Wildman–Crippen LogP) is 3.63. The molecule has 0 amide bonds. The first-order valence-corrected chi connectivity index (χ1v) is 9.42. The van der Waals surface area contributed by atoms with E-state index in [4.69, 9.17) is 0 Å².